The first-order chi connectivity index (χ1) is 14.7. The topological polar surface area (TPSA) is 56.7 Å². The van der Waals surface area contributed by atoms with Gasteiger partial charge in [0.05, 0.1) is 21.3 Å². The van der Waals surface area contributed by atoms with E-state index in [0.717, 1.165) is 28.2 Å². The van der Waals surface area contributed by atoms with Gasteiger partial charge in [0, 0.05) is 24.8 Å². The van der Waals surface area contributed by atoms with Crippen LogP contribution in [-0.2, 0) is 13.1 Å². The number of nitrogens with zero attached hydrogens (tertiary/aromatic N) is 3. The van der Waals surface area contributed by atoms with Crippen LogP contribution < -0.4 is 19.1 Å². The van der Waals surface area contributed by atoms with Crippen molar-refractivity contribution in [3.05, 3.63) is 71.4 Å². The van der Waals surface area contributed by atoms with Gasteiger partial charge in [-0.15, -0.1) is 0 Å². The summed E-state index contributed by atoms with van der Waals surface area (Å²) in [6.45, 7) is 1.34. The third-order valence-corrected chi connectivity index (χ3v) is 5.33. The molecule has 3 aromatic rings. The van der Waals surface area contributed by atoms with E-state index in [4.69, 9.17) is 24.2 Å². The van der Waals surface area contributed by atoms with Crippen LogP contribution in [0.25, 0.3) is 0 Å². The summed E-state index contributed by atoms with van der Waals surface area (Å²) in [7, 11) is 5.02. The Labute approximate surface area is 177 Å². The maximum atomic E-state index is 5.59. The van der Waals surface area contributed by atoms with Crippen LogP contribution in [0.15, 0.2) is 54.7 Å². The van der Waals surface area contributed by atoms with E-state index in [9.17, 15) is 0 Å². The monoisotopic (exact) mass is 405 g/mol. The van der Waals surface area contributed by atoms with E-state index in [-0.39, 0.29) is 0 Å². The molecule has 0 aliphatic heterocycles. The van der Waals surface area contributed by atoms with Crippen LogP contribution in [-0.4, -0.2) is 31.3 Å². The summed E-state index contributed by atoms with van der Waals surface area (Å²) in [4.78, 5) is 11.6. The van der Waals surface area contributed by atoms with Crippen molar-refractivity contribution in [1.82, 2.24) is 9.97 Å². The molecule has 1 heterocycles. The number of methoxy groups -OCH3 is 3. The molecule has 30 heavy (non-hydrogen) atoms. The van der Waals surface area contributed by atoms with Gasteiger partial charge in [-0.2, -0.15) is 4.98 Å². The SMILES string of the molecule is COc1ccc(CN(Cc2ccc(OC)cc2)c2ncc(C3CC3)c(OC)n2)cc1. The fourth-order valence-electron chi connectivity index (χ4n) is 3.46. The highest BCUT2D eigenvalue weighted by atomic mass is 16.5. The average Bonchev–Trinajstić information content (AvgIpc) is 3.64. The van der Waals surface area contributed by atoms with Crippen LogP contribution in [0.1, 0.15) is 35.4 Å². The van der Waals surface area contributed by atoms with Gasteiger partial charge in [0.1, 0.15) is 11.5 Å². The average molecular weight is 405 g/mol. The highest BCUT2D eigenvalue weighted by molar-refractivity contribution is 5.42. The molecular weight excluding hydrogens is 378 g/mol. The molecule has 0 amide bonds. The van der Waals surface area contributed by atoms with E-state index in [2.05, 4.69) is 29.2 Å². The summed E-state index contributed by atoms with van der Waals surface area (Å²) in [5, 5.41) is 0. The molecular formula is C24H27N3O3. The molecule has 0 radical (unpaired) electrons. The van der Waals surface area contributed by atoms with Gasteiger partial charge in [0.25, 0.3) is 0 Å². The highest BCUT2D eigenvalue weighted by Gasteiger charge is 2.28. The first-order valence-electron chi connectivity index (χ1n) is 10.1. The lowest BCUT2D eigenvalue weighted by Crippen LogP contribution is -2.24. The van der Waals surface area contributed by atoms with Crippen LogP contribution in [0.2, 0.25) is 0 Å². The molecule has 1 saturated carbocycles. The summed E-state index contributed by atoms with van der Waals surface area (Å²) in [5.74, 6) is 3.55. The first-order valence-corrected chi connectivity index (χ1v) is 10.1. The number of aromatic nitrogens is 2. The van der Waals surface area contributed by atoms with Gasteiger partial charge in [-0.25, -0.2) is 4.98 Å². The van der Waals surface area contributed by atoms with Gasteiger partial charge in [0.15, 0.2) is 0 Å². The minimum Gasteiger partial charge on any atom is -0.497 e. The number of benzene rings is 2. The summed E-state index contributed by atoms with van der Waals surface area (Å²) in [6, 6.07) is 16.1. The van der Waals surface area contributed by atoms with E-state index < -0.39 is 0 Å². The van der Waals surface area contributed by atoms with Gasteiger partial charge in [-0.05, 0) is 54.2 Å². The van der Waals surface area contributed by atoms with Gasteiger partial charge < -0.3 is 19.1 Å². The molecule has 1 fully saturated rings. The van der Waals surface area contributed by atoms with E-state index in [1.54, 1.807) is 21.3 Å². The molecule has 6 nitrogen and oxygen atoms in total. The number of rotatable bonds is 9. The zero-order valence-corrected chi connectivity index (χ0v) is 17.7. The Bertz CT molecular complexity index is 920. The molecule has 0 spiro atoms. The van der Waals surface area contributed by atoms with Crippen molar-refractivity contribution in [2.45, 2.75) is 31.8 Å². The molecule has 156 valence electrons. The normalized spacial score (nSPS) is 13.0. The Kier molecular flexibility index (Phi) is 6.02. The number of ether oxygens (including phenoxy) is 3. The molecule has 1 aliphatic rings. The second-order valence-electron chi connectivity index (χ2n) is 7.46. The lowest BCUT2D eigenvalue weighted by Gasteiger charge is -2.24. The van der Waals surface area contributed by atoms with E-state index in [0.29, 0.717) is 30.8 Å². The van der Waals surface area contributed by atoms with Gasteiger partial charge in [-0.1, -0.05) is 24.3 Å². The van der Waals surface area contributed by atoms with Crippen LogP contribution in [0.3, 0.4) is 0 Å². The molecule has 0 saturated heterocycles. The lowest BCUT2D eigenvalue weighted by atomic mass is 10.1. The van der Waals surface area contributed by atoms with Crippen molar-refractivity contribution in [1.29, 1.82) is 0 Å². The van der Waals surface area contributed by atoms with Crippen LogP contribution in [0, 0.1) is 0 Å². The molecule has 0 unspecified atom stereocenters. The predicted molar refractivity (Wildman–Crippen MR) is 116 cm³/mol. The van der Waals surface area contributed by atoms with Gasteiger partial charge in [0.2, 0.25) is 11.8 Å². The Morgan fingerprint density at radius 2 is 1.33 bits per heavy atom. The minimum atomic E-state index is 0.533. The molecule has 2 aromatic carbocycles. The van der Waals surface area contributed by atoms with Crippen molar-refractivity contribution in [3.8, 4) is 17.4 Å². The molecule has 4 rings (SSSR count). The van der Waals surface area contributed by atoms with E-state index in [1.807, 2.05) is 30.5 Å². The Morgan fingerprint density at radius 1 is 0.800 bits per heavy atom. The first kappa shape index (κ1) is 20.0. The Balaban J connectivity index is 1.62. The maximum absolute atomic E-state index is 5.59. The summed E-state index contributed by atoms with van der Waals surface area (Å²) in [5.41, 5.74) is 3.41. The third kappa shape index (κ3) is 4.64. The zero-order valence-electron chi connectivity index (χ0n) is 17.7. The molecule has 1 aromatic heterocycles. The fourth-order valence-corrected chi connectivity index (χ4v) is 3.46. The number of anilines is 1. The van der Waals surface area contributed by atoms with Crippen LogP contribution in [0.5, 0.6) is 17.4 Å². The van der Waals surface area contributed by atoms with E-state index >= 15 is 0 Å². The van der Waals surface area contributed by atoms with Crippen molar-refractivity contribution >= 4 is 5.95 Å². The van der Waals surface area contributed by atoms with Crippen LogP contribution in [0.4, 0.5) is 5.95 Å². The van der Waals surface area contributed by atoms with Crippen molar-refractivity contribution in [3.63, 3.8) is 0 Å². The van der Waals surface area contributed by atoms with E-state index in [1.165, 1.54) is 12.8 Å². The standard InChI is InChI=1S/C24H27N3O3/c1-28-20-10-4-17(5-11-20)15-27(16-18-6-12-21(29-2)13-7-18)24-25-14-22(19-8-9-19)23(26-24)30-3/h4-7,10-14,19H,8-9,15-16H2,1-3H3. The number of hydrogen-bond acceptors (Lipinski definition) is 6. The second kappa shape index (κ2) is 9.03. The fraction of sp³-hybridized carbons (Fsp3) is 0.333. The smallest absolute Gasteiger partial charge is 0.229 e. The third-order valence-electron chi connectivity index (χ3n) is 5.33. The summed E-state index contributed by atoms with van der Waals surface area (Å²) >= 11 is 0. The lowest BCUT2D eigenvalue weighted by molar-refractivity contribution is 0.391. The molecule has 1 aliphatic carbocycles. The maximum Gasteiger partial charge on any atom is 0.229 e. The molecule has 0 bridgehead atoms. The Morgan fingerprint density at radius 3 is 1.77 bits per heavy atom. The quantitative estimate of drug-likeness (QED) is 0.519. The second-order valence-corrected chi connectivity index (χ2v) is 7.46. The van der Waals surface area contributed by atoms with Crippen LogP contribution >= 0.6 is 0 Å². The highest BCUT2D eigenvalue weighted by Crippen LogP contribution is 2.43. The van der Waals surface area contributed by atoms with Gasteiger partial charge >= 0.3 is 0 Å². The van der Waals surface area contributed by atoms with Crippen molar-refractivity contribution in [2.24, 2.45) is 0 Å². The van der Waals surface area contributed by atoms with Crippen molar-refractivity contribution < 1.29 is 14.2 Å². The molecule has 6 heteroatoms. The Hall–Kier alpha value is -3.28. The number of hydrogen-bond donors (Lipinski definition) is 0. The molecule has 0 N–H and O–H groups in total. The minimum absolute atomic E-state index is 0.533. The zero-order chi connectivity index (χ0) is 20.9. The predicted octanol–water partition coefficient (Wildman–Crippen LogP) is 4.59. The summed E-state index contributed by atoms with van der Waals surface area (Å²) < 4.78 is 16.2. The van der Waals surface area contributed by atoms with Crippen molar-refractivity contribution in [2.75, 3.05) is 26.2 Å². The molecule has 0 atom stereocenters. The van der Waals surface area contributed by atoms with Gasteiger partial charge in [-0.3, -0.25) is 0 Å². The largest absolute Gasteiger partial charge is 0.497 e. The summed E-state index contributed by atoms with van der Waals surface area (Å²) in [6.07, 6.45) is 4.29.